The molecule has 2 N–H and O–H groups in total. The van der Waals surface area contributed by atoms with Crippen LogP contribution in [0.1, 0.15) is 33.1 Å². The molecule has 0 amide bonds. The fourth-order valence-electron chi connectivity index (χ4n) is 2.14. The molecule has 0 radical (unpaired) electrons. The maximum atomic E-state index is 5.97. The molecule has 2 aromatic rings. The number of rotatable bonds is 8. The van der Waals surface area contributed by atoms with Crippen molar-refractivity contribution in [3.63, 3.8) is 0 Å². The van der Waals surface area contributed by atoms with Gasteiger partial charge in [-0.2, -0.15) is 15.0 Å². The van der Waals surface area contributed by atoms with Crippen LogP contribution in [-0.4, -0.2) is 38.6 Å². The standard InChI is InChI=1S/C14H22ClN5O2/c1-9(2)22-13-18-11(16)10-12(19-13)20(14(17-10)21-3)8-6-4-5-7-15/h9H,4-8H2,1-3H3,(H2,16,18,19). The third-order valence-corrected chi connectivity index (χ3v) is 3.37. The summed E-state index contributed by atoms with van der Waals surface area (Å²) in [6.07, 6.45) is 2.94. The number of nitrogen functional groups attached to an aromatic ring is 1. The molecule has 7 nitrogen and oxygen atoms in total. The highest BCUT2D eigenvalue weighted by molar-refractivity contribution is 6.17. The molecule has 2 rings (SSSR count). The van der Waals surface area contributed by atoms with Crippen molar-refractivity contribution < 1.29 is 9.47 Å². The molecule has 0 saturated heterocycles. The largest absolute Gasteiger partial charge is 0.468 e. The molecule has 0 atom stereocenters. The lowest BCUT2D eigenvalue weighted by molar-refractivity contribution is 0.223. The number of fused-ring (bicyclic) bond motifs is 1. The second kappa shape index (κ2) is 7.49. The van der Waals surface area contributed by atoms with Crippen LogP contribution in [0.5, 0.6) is 12.0 Å². The molecule has 0 bridgehead atoms. The van der Waals surface area contributed by atoms with Gasteiger partial charge < -0.3 is 15.2 Å². The van der Waals surface area contributed by atoms with Crippen molar-refractivity contribution in [2.75, 3.05) is 18.7 Å². The minimum absolute atomic E-state index is 0.0289. The number of hydrogen-bond donors (Lipinski definition) is 1. The molecular weight excluding hydrogens is 306 g/mol. The van der Waals surface area contributed by atoms with Gasteiger partial charge in [-0.15, -0.1) is 11.6 Å². The van der Waals surface area contributed by atoms with Crippen molar-refractivity contribution in [3.8, 4) is 12.0 Å². The Morgan fingerprint density at radius 1 is 1.18 bits per heavy atom. The first-order valence-corrected chi connectivity index (χ1v) is 7.90. The van der Waals surface area contributed by atoms with Crippen molar-refractivity contribution in [1.82, 2.24) is 19.5 Å². The van der Waals surface area contributed by atoms with Crippen LogP contribution in [-0.2, 0) is 6.54 Å². The Kier molecular flexibility index (Phi) is 5.65. The van der Waals surface area contributed by atoms with Gasteiger partial charge in [-0.3, -0.25) is 4.57 Å². The van der Waals surface area contributed by atoms with Crippen LogP contribution < -0.4 is 15.2 Å². The van der Waals surface area contributed by atoms with Crippen LogP contribution in [0.2, 0.25) is 0 Å². The Balaban J connectivity index is 2.36. The molecule has 0 aliphatic carbocycles. The average molecular weight is 328 g/mol. The first-order chi connectivity index (χ1) is 10.6. The van der Waals surface area contributed by atoms with Gasteiger partial charge in [-0.05, 0) is 26.7 Å². The minimum atomic E-state index is -0.0289. The SMILES string of the molecule is COc1nc2c(N)nc(OC(C)C)nc2n1CCCCCCl. The Hall–Kier alpha value is -1.76. The van der Waals surface area contributed by atoms with E-state index in [0.29, 0.717) is 28.9 Å². The van der Waals surface area contributed by atoms with Crippen LogP contribution >= 0.6 is 11.6 Å². The lowest BCUT2D eigenvalue weighted by Crippen LogP contribution is -2.10. The summed E-state index contributed by atoms with van der Waals surface area (Å²) in [5.74, 6) is 0.960. The third-order valence-electron chi connectivity index (χ3n) is 3.11. The van der Waals surface area contributed by atoms with E-state index < -0.39 is 0 Å². The van der Waals surface area contributed by atoms with Crippen LogP contribution in [0.4, 0.5) is 5.82 Å². The predicted octanol–water partition coefficient (Wildman–Crippen LogP) is 2.61. The van der Waals surface area contributed by atoms with E-state index in [1.54, 1.807) is 7.11 Å². The quantitative estimate of drug-likeness (QED) is 0.592. The van der Waals surface area contributed by atoms with E-state index in [0.717, 1.165) is 25.8 Å². The zero-order chi connectivity index (χ0) is 16.1. The number of alkyl halides is 1. The molecule has 22 heavy (non-hydrogen) atoms. The highest BCUT2D eigenvalue weighted by atomic mass is 35.5. The molecule has 0 aromatic carbocycles. The molecule has 2 aromatic heterocycles. The molecule has 0 spiro atoms. The molecule has 0 fully saturated rings. The Morgan fingerprint density at radius 2 is 1.95 bits per heavy atom. The Labute approximate surface area is 134 Å². The number of nitrogens with two attached hydrogens (primary N) is 1. The Morgan fingerprint density at radius 3 is 2.59 bits per heavy atom. The number of hydrogen-bond acceptors (Lipinski definition) is 6. The van der Waals surface area contributed by atoms with Crippen molar-refractivity contribution in [2.45, 2.75) is 45.8 Å². The van der Waals surface area contributed by atoms with Gasteiger partial charge in [0.25, 0.3) is 6.01 Å². The van der Waals surface area contributed by atoms with E-state index in [-0.39, 0.29) is 12.1 Å². The van der Waals surface area contributed by atoms with Crippen molar-refractivity contribution in [1.29, 1.82) is 0 Å². The number of halogens is 1. The summed E-state index contributed by atoms with van der Waals surface area (Å²) in [6, 6.07) is 0.730. The normalized spacial score (nSPS) is 11.3. The molecule has 0 saturated carbocycles. The van der Waals surface area contributed by atoms with Crippen molar-refractivity contribution >= 4 is 28.6 Å². The summed E-state index contributed by atoms with van der Waals surface area (Å²) in [4.78, 5) is 12.9. The number of anilines is 1. The van der Waals surface area contributed by atoms with E-state index >= 15 is 0 Å². The van der Waals surface area contributed by atoms with E-state index in [4.69, 9.17) is 26.8 Å². The molecule has 122 valence electrons. The second-order valence-electron chi connectivity index (χ2n) is 5.23. The number of aromatic nitrogens is 4. The fourth-order valence-corrected chi connectivity index (χ4v) is 2.33. The molecule has 0 unspecified atom stereocenters. The van der Waals surface area contributed by atoms with E-state index in [2.05, 4.69) is 15.0 Å². The van der Waals surface area contributed by atoms with Gasteiger partial charge in [0.15, 0.2) is 17.0 Å². The van der Waals surface area contributed by atoms with Gasteiger partial charge in [0.1, 0.15) is 0 Å². The fraction of sp³-hybridized carbons (Fsp3) is 0.643. The van der Waals surface area contributed by atoms with Crippen LogP contribution in [0.25, 0.3) is 11.2 Å². The highest BCUT2D eigenvalue weighted by Gasteiger charge is 2.18. The number of nitrogens with zero attached hydrogens (tertiary/aromatic N) is 4. The number of ether oxygens (including phenoxy) is 2. The minimum Gasteiger partial charge on any atom is -0.468 e. The summed E-state index contributed by atoms with van der Waals surface area (Å²) < 4.78 is 12.8. The van der Waals surface area contributed by atoms with Gasteiger partial charge in [0, 0.05) is 12.4 Å². The van der Waals surface area contributed by atoms with E-state index in [9.17, 15) is 0 Å². The molecule has 8 heteroatoms. The van der Waals surface area contributed by atoms with E-state index in [1.807, 2.05) is 18.4 Å². The Bertz CT molecular complexity index is 629. The zero-order valence-electron chi connectivity index (χ0n) is 13.2. The molecular formula is C14H22ClN5O2. The number of methoxy groups -OCH3 is 1. The second-order valence-corrected chi connectivity index (χ2v) is 5.61. The average Bonchev–Trinajstić information content (AvgIpc) is 2.81. The summed E-state index contributed by atoms with van der Waals surface area (Å²) >= 11 is 5.71. The van der Waals surface area contributed by atoms with Crippen molar-refractivity contribution in [2.24, 2.45) is 0 Å². The monoisotopic (exact) mass is 327 g/mol. The third kappa shape index (κ3) is 3.71. The summed E-state index contributed by atoms with van der Waals surface area (Å²) in [5, 5.41) is 0. The predicted molar refractivity (Wildman–Crippen MR) is 86.6 cm³/mol. The van der Waals surface area contributed by atoms with Crippen molar-refractivity contribution in [3.05, 3.63) is 0 Å². The maximum Gasteiger partial charge on any atom is 0.320 e. The topological polar surface area (TPSA) is 88.1 Å². The van der Waals surface area contributed by atoms with Gasteiger partial charge in [-0.25, -0.2) is 0 Å². The first-order valence-electron chi connectivity index (χ1n) is 7.37. The summed E-state index contributed by atoms with van der Waals surface area (Å²) in [6.45, 7) is 4.55. The van der Waals surface area contributed by atoms with Gasteiger partial charge in [-0.1, -0.05) is 6.42 Å². The van der Waals surface area contributed by atoms with Crippen LogP contribution in [0, 0.1) is 0 Å². The lowest BCUT2D eigenvalue weighted by Gasteiger charge is -2.09. The van der Waals surface area contributed by atoms with Gasteiger partial charge in [0.05, 0.1) is 13.2 Å². The zero-order valence-corrected chi connectivity index (χ0v) is 13.9. The molecule has 0 aliphatic rings. The van der Waals surface area contributed by atoms with Gasteiger partial charge in [0.2, 0.25) is 0 Å². The number of unbranched alkanes of at least 4 members (excludes halogenated alkanes) is 2. The molecule has 0 aliphatic heterocycles. The van der Waals surface area contributed by atoms with Crippen LogP contribution in [0.3, 0.4) is 0 Å². The smallest absolute Gasteiger partial charge is 0.320 e. The van der Waals surface area contributed by atoms with Gasteiger partial charge >= 0.3 is 6.01 Å². The maximum absolute atomic E-state index is 5.97. The molecule has 2 heterocycles. The van der Waals surface area contributed by atoms with Crippen LogP contribution in [0.15, 0.2) is 0 Å². The number of imidazole rings is 1. The lowest BCUT2D eigenvalue weighted by atomic mass is 10.2. The highest BCUT2D eigenvalue weighted by Crippen LogP contribution is 2.26. The number of aryl methyl sites for hydroxylation is 1. The first kappa shape index (κ1) is 16.6. The summed E-state index contributed by atoms with van der Waals surface area (Å²) in [5.41, 5.74) is 7.13. The van der Waals surface area contributed by atoms with E-state index in [1.165, 1.54) is 0 Å². The summed E-state index contributed by atoms with van der Waals surface area (Å²) in [7, 11) is 1.58.